The number of para-hydroxylation sites is 1. The average Bonchev–Trinajstić information content (AvgIpc) is 3.56. The molecule has 3 heterocycles. The van der Waals surface area contributed by atoms with Gasteiger partial charge in [-0.1, -0.05) is 19.1 Å². The Labute approximate surface area is 241 Å². The van der Waals surface area contributed by atoms with Crippen molar-refractivity contribution in [2.45, 2.75) is 19.5 Å². The number of hydrazine groups is 1. The molecule has 4 atom stereocenters. The lowest BCUT2D eigenvalue weighted by atomic mass is 9.60. The predicted molar refractivity (Wildman–Crippen MR) is 152 cm³/mol. The minimum atomic E-state index is -4.50. The Kier molecular flexibility index (Phi) is 7.34. The average molecular weight is 583 g/mol. The lowest BCUT2D eigenvalue weighted by Crippen LogP contribution is -2.44. The zero-order valence-corrected chi connectivity index (χ0v) is 23.2. The molecule has 1 aliphatic carbocycles. The van der Waals surface area contributed by atoms with Crippen LogP contribution in [0.2, 0.25) is 0 Å². The van der Waals surface area contributed by atoms with Crippen molar-refractivity contribution in [2.24, 2.45) is 29.5 Å². The zero-order chi connectivity index (χ0) is 29.6. The lowest BCUT2D eigenvalue weighted by molar-refractivity contribution is -0.153. The van der Waals surface area contributed by atoms with E-state index in [0.29, 0.717) is 54.5 Å². The van der Waals surface area contributed by atoms with Gasteiger partial charge in [-0.05, 0) is 60.4 Å². The van der Waals surface area contributed by atoms with Gasteiger partial charge in [0.2, 0.25) is 0 Å². The van der Waals surface area contributed by atoms with Crippen molar-refractivity contribution < 1.29 is 27.5 Å². The Hall–Kier alpha value is -4.06. The molecule has 1 saturated carbocycles. The molecule has 2 saturated heterocycles. The number of hydrogen-bond acceptors (Lipinski definition) is 7. The summed E-state index contributed by atoms with van der Waals surface area (Å²) in [6.45, 7) is 3.69. The van der Waals surface area contributed by atoms with E-state index in [9.17, 15) is 22.8 Å². The smallest absolute Gasteiger partial charge is 0.422 e. The van der Waals surface area contributed by atoms with Crippen molar-refractivity contribution in [1.82, 2.24) is 14.8 Å². The van der Waals surface area contributed by atoms with Crippen LogP contribution in [0.5, 0.6) is 5.75 Å². The molecule has 0 spiro atoms. The van der Waals surface area contributed by atoms with E-state index in [0.717, 1.165) is 24.3 Å². The highest BCUT2D eigenvalue weighted by atomic mass is 19.4. The van der Waals surface area contributed by atoms with E-state index in [1.54, 1.807) is 41.3 Å². The number of nitrogen functional groups attached to an aromatic ring is 1. The fourth-order valence-electron chi connectivity index (χ4n) is 6.79. The molecule has 9 nitrogen and oxygen atoms in total. The van der Waals surface area contributed by atoms with E-state index >= 15 is 0 Å². The number of fused-ring (bicyclic) bond motifs is 5. The zero-order valence-electron chi connectivity index (χ0n) is 23.2. The van der Waals surface area contributed by atoms with Gasteiger partial charge in [0.1, 0.15) is 11.4 Å². The number of rotatable bonds is 8. The highest BCUT2D eigenvalue weighted by Gasteiger charge is 2.59. The van der Waals surface area contributed by atoms with Gasteiger partial charge in [0.15, 0.2) is 6.61 Å². The van der Waals surface area contributed by atoms with E-state index in [-0.39, 0.29) is 35.1 Å². The molecule has 42 heavy (non-hydrogen) atoms. The number of alkyl halides is 3. The van der Waals surface area contributed by atoms with Crippen LogP contribution in [0.4, 0.5) is 24.5 Å². The first-order chi connectivity index (χ1) is 20.2. The molecular formula is C30H33F3N6O3. The summed E-state index contributed by atoms with van der Waals surface area (Å²) in [7, 11) is 0. The van der Waals surface area contributed by atoms with Crippen LogP contribution in [0.15, 0.2) is 48.5 Å². The van der Waals surface area contributed by atoms with Crippen molar-refractivity contribution in [1.29, 1.82) is 0 Å². The number of carbonyl (C=O) groups is 2. The maximum absolute atomic E-state index is 13.5. The van der Waals surface area contributed by atoms with Crippen molar-refractivity contribution in [3.05, 3.63) is 59.8 Å². The van der Waals surface area contributed by atoms with Crippen molar-refractivity contribution in [3.8, 4) is 5.75 Å². The number of nitrogens with one attached hydrogen (secondary N) is 2. The molecule has 222 valence electrons. The molecule has 1 aromatic heterocycles. The summed E-state index contributed by atoms with van der Waals surface area (Å²) in [4.78, 5) is 35.0. The molecule has 3 aromatic rings. The van der Waals surface area contributed by atoms with E-state index < -0.39 is 12.8 Å². The van der Waals surface area contributed by atoms with Gasteiger partial charge >= 0.3 is 6.18 Å². The minimum Gasteiger partial charge on any atom is -0.483 e. The number of hydrogen-bond donors (Lipinski definition) is 3. The molecule has 6 rings (SSSR count). The molecule has 2 aromatic carbocycles. The van der Waals surface area contributed by atoms with Crippen molar-refractivity contribution in [3.63, 3.8) is 0 Å². The first-order valence-electron chi connectivity index (χ1n) is 14.2. The number of pyridine rings is 1. The Morgan fingerprint density at radius 2 is 1.60 bits per heavy atom. The van der Waals surface area contributed by atoms with Crippen LogP contribution < -0.4 is 21.3 Å². The maximum Gasteiger partial charge on any atom is 0.422 e. The number of likely N-dealkylation sites (tertiary alicyclic amines) is 2. The minimum absolute atomic E-state index is 0.0159. The highest BCUT2D eigenvalue weighted by molar-refractivity contribution is 5.98. The normalized spacial score (nSPS) is 22.9. The summed E-state index contributed by atoms with van der Waals surface area (Å²) in [6.07, 6.45) is -3.57. The number of nitrogens with zero attached hydrogens (tertiary/aromatic N) is 3. The summed E-state index contributed by atoms with van der Waals surface area (Å²) >= 11 is 0. The summed E-state index contributed by atoms with van der Waals surface area (Å²) in [5, 5.41) is 3.72. The van der Waals surface area contributed by atoms with E-state index in [1.807, 2.05) is 11.0 Å². The van der Waals surface area contributed by atoms with E-state index in [2.05, 4.69) is 22.7 Å². The van der Waals surface area contributed by atoms with Gasteiger partial charge in [-0.3, -0.25) is 15.4 Å². The molecule has 2 amide bonds. The summed E-state index contributed by atoms with van der Waals surface area (Å²) in [6, 6.07) is 13.4. The first kappa shape index (κ1) is 28.1. The number of aromatic nitrogens is 1. The highest BCUT2D eigenvalue weighted by Crippen LogP contribution is 2.54. The summed E-state index contributed by atoms with van der Waals surface area (Å²) in [5.41, 5.74) is 5.24. The van der Waals surface area contributed by atoms with Crippen molar-refractivity contribution in [2.75, 3.05) is 50.1 Å². The maximum atomic E-state index is 13.5. The molecule has 2 aliphatic heterocycles. The Bertz CT molecular complexity index is 1500. The SMILES string of the molecule is CCCNc1cc(C(=O)N2C[C@@H]3C4CN(C(=O)c5cc(OCC(F)(F)F)c6ccccc6n5)CC4[C@@H]3C2)ccc1NN. The van der Waals surface area contributed by atoms with Crippen molar-refractivity contribution >= 4 is 34.1 Å². The van der Waals surface area contributed by atoms with Gasteiger partial charge < -0.3 is 25.3 Å². The number of nitrogens with two attached hydrogens (primary N) is 1. The third-order valence-electron chi connectivity index (χ3n) is 8.78. The quantitative estimate of drug-likeness (QED) is 0.267. The number of anilines is 2. The van der Waals surface area contributed by atoms with Crippen LogP contribution in [0, 0.1) is 23.7 Å². The monoisotopic (exact) mass is 582 g/mol. The van der Waals surface area contributed by atoms with Gasteiger partial charge in [-0.15, -0.1) is 0 Å². The molecular weight excluding hydrogens is 549 g/mol. The fraction of sp³-hybridized carbons (Fsp3) is 0.433. The second-order valence-corrected chi connectivity index (χ2v) is 11.3. The molecule has 0 bridgehead atoms. The van der Waals surface area contributed by atoms with Crippen LogP contribution in [0.1, 0.15) is 34.2 Å². The second-order valence-electron chi connectivity index (χ2n) is 11.3. The third-order valence-corrected chi connectivity index (χ3v) is 8.78. The van der Waals surface area contributed by atoms with E-state index in [4.69, 9.17) is 10.6 Å². The van der Waals surface area contributed by atoms with Gasteiger partial charge in [-0.2, -0.15) is 13.2 Å². The standard InChI is InChI=1S/C30H33F3N6O3/c1-2-9-35-25-10-17(7-8-24(25)37-34)28(40)38-12-19-20(13-38)22-15-39(14-21(19)22)29(41)26-11-27(42-16-30(31,32)33)18-5-3-4-6-23(18)36-26/h3-8,10-11,19-22,35,37H,2,9,12-16,34H2,1H3/t19-,20+,21?,22?. The Morgan fingerprint density at radius 1 is 0.952 bits per heavy atom. The van der Waals surface area contributed by atoms with Crippen LogP contribution in [-0.2, 0) is 0 Å². The van der Waals surface area contributed by atoms with E-state index in [1.165, 1.54) is 6.07 Å². The topological polar surface area (TPSA) is 113 Å². The van der Waals surface area contributed by atoms with Gasteiger partial charge in [-0.25, -0.2) is 4.98 Å². The second kappa shape index (κ2) is 11.0. The Balaban J connectivity index is 1.13. The molecule has 4 N–H and O–H groups in total. The fourth-order valence-corrected chi connectivity index (χ4v) is 6.79. The third kappa shape index (κ3) is 5.19. The van der Waals surface area contributed by atoms with Crippen LogP contribution in [0.25, 0.3) is 10.9 Å². The number of benzene rings is 2. The van der Waals surface area contributed by atoms with Crippen LogP contribution in [-0.4, -0.2) is 72.1 Å². The number of ether oxygens (including phenoxy) is 1. The summed E-state index contributed by atoms with van der Waals surface area (Å²) in [5.74, 6) is 6.41. The first-order valence-corrected chi connectivity index (χ1v) is 14.2. The van der Waals surface area contributed by atoms with Gasteiger partial charge in [0.05, 0.1) is 16.9 Å². The summed E-state index contributed by atoms with van der Waals surface area (Å²) < 4.78 is 43.7. The van der Waals surface area contributed by atoms with Crippen LogP contribution >= 0.6 is 0 Å². The molecule has 3 fully saturated rings. The van der Waals surface area contributed by atoms with Gasteiger partial charge in [0, 0.05) is 49.7 Å². The lowest BCUT2D eigenvalue weighted by Gasteiger charge is -2.42. The molecule has 12 heteroatoms. The largest absolute Gasteiger partial charge is 0.483 e. The molecule has 0 radical (unpaired) electrons. The van der Waals surface area contributed by atoms with Gasteiger partial charge in [0.25, 0.3) is 11.8 Å². The molecule has 3 aliphatic rings. The Morgan fingerprint density at radius 3 is 2.21 bits per heavy atom. The number of amides is 2. The number of carbonyl (C=O) groups excluding carboxylic acids is 2. The molecule has 2 unspecified atom stereocenters. The number of halogens is 3. The predicted octanol–water partition coefficient (Wildman–Crippen LogP) is 4.37. The van der Waals surface area contributed by atoms with Crippen LogP contribution in [0.3, 0.4) is 0 Å².